The maximum Gasteiger partial charge on any atom is 0.176 e. The van der Waals surface area contributed by atoms with E-state index in [4.69, 9.17) is 12.2 Å². The molecule has 0 aliphatic heterocycles. The summed E-state index contributed by atoms with van der Waals surface area (Å²) in [6.45, 7) is 2.84. The number of rotatable bonds is 5. The summed E-state index contributed by atoms with van der Waals surface area (Å²) in [5.74, 6) is 0.728. The van der Waals surface area contributed by atoms with Crippen molar-refractivity contribution in [1.29, 1.82) is 0 Å². The quantitative estimate of drug-likeness (QED) is 0.447. The Morgan fingerprint density at radius 1 is 0.893 bits per heavy atom. The Hall–Kier alpha value is -3.18. The standard InChI is InChI=1S/C23H22N4S/c1-2-17-8-4-6-13-21(17)24-23(28)25-22-14-15-27(26-22)16-19-11-7-10-18-9-3-5-12-20(18)19/h3-15H,2,16H2,1H3,(H2,24,25,26,28). The zero-order valence-electron chi connectivity index (χ0n) is 15.7. The third-order valence-corrected chi connectivity index (χ3v) is 4.95. The van der Waals surface area contributed by atoms with Crippen LogP contribution in [0.25, 0.3) is 10.8 Å². The Morgan fingerprint density at radius 2 is 1.64 bits per heavy atom. The van der Waals surface area contributed by atoms with E-state index in [0.717, 1.165) is 17.9 Å². The molecule has 0 atom stereocenters. The molecule has 0 aliphatic carbocycles. The molecule has 0 saturated heterocycles. The second-order valence-electron chi connectivity index (χ2n) is 6.63. The summed E-state index contributed by atoms with van der Waals surface area (Å²) in [5, 5.41) is 14.1. The molecule has 0 bridgehead atoms. The van der Waals surface area contributed by atoms with Gasteiger partial charge >= 0.3 is 0 Å². The molecule has 2 N–H and O–H groups in total. The molecule has 0 unspecified atom stereocenters. The van der Waals surface area contributed by atoms with Gasteiger partial charge in [-0.15, -0.1) is 0 Å². The second-order valence-corrected chi connectivity index (χ2v) is 7.03. The fourth-order valence-electron chi connectivity index (χ4n) is 3.34. The van der Waals surface area contributed by atoms with E-state index in [2.05, 4.69) is 71.2 Å². The third kappa shape index (κ3) is 4.05. The number of aromatic nitrogens is 2. The fraction of sp³-hybridized carbons (Fsp3) is 0.130. The first-order valence-corrected chi connectivity index (χ1v) is 9.80. The zero-order valence-corrected chi connectivity index (χ0v) is 16.5. The summed E-state index contributed by atoms with van der Waals surface area (Å²) in [7, 11) is 0. The van der Waals surface area contributed by atoms with Gasteiger partial charge < -0.3 is 10.6 Å². The Morgan fingerprint density at radius 3 is 2.54 bits per heavy atom. The summed E-state index contributed by atoms with van der Waals surface area (Å²) in [5.41, 5.74) is 3.50. The van der Waals surface area contributed by atoms with Crippen molar-refractivity contribution in [2.24, 2.45) is 0 Å². The van der Waals surface area contributed by atoms with Crippen LogP contribution in [0.1, 0.15) is 18.1 Å². The van der Waals surface area contributed by atoms with E-state index >= 15 is 0 Å². The average molecular weight is 387 g/mol. The van der Waals surface area contributed by atoms with E-state index < -0.39 is 0 Å². The molecule has 4 nitrogen and oxygen atoms in total. The van der Waals surface area contributed by atoms with E-state index in [-0.39, 0.29) is 0 Å². The lowest BCUT2D eigenvalue weighted by Crippen LogP contribution is -2.20. The van der Waals surface area contributed by atoms with Gasteiger partial charge in [-0.3, -0.25) is 4.68 Å². The van der Waals surface area contributed by atoms with Crippen LogP contribution >= 0.6 is 12.2 Å². The smallest absolute Gasteiger partial charge is 0.176 e. The molecule has 0 amide bonds. The molecule has 4 rings (SSSR count). The summed E-state index contributed by atoms with van der Waals surface area (Å²) in [6, 6.07) is 24.9. The van der Waals surface area contributed by atoms with E-state index in [0.29, 0.717) is 11.7 Å². The molecule has 0 spiro atoms. The van der Waals surface area contributed by atoms with Crippen molar-refractivity contribution < 1.29 is 0 Å². The summed E-state index contributed by atoms with van der Waals surface area (Å²) in [6.07, 6.45) is 2.91. The van der Waals surface area contributed by atoms with Gasteiger partial charge in [0.05, 0.1) is 6.54 Å². The molecular formula is C23H22N4S. The predicted molar refractivity (Wildman–Crippen MR) is 121 cm³/mol. The van der Waals surface area contributed by atoms with Crippen LogP contribution in [-0.4, -0.2) is 14.9 Å². The van der Waals surface area contributed by atoms with Gasteiger partial charge in [0.25, 0.3) is 0 Å². The molecule has 0 aliphatic rings. The number of benzene rings is 3. The molecule has 1 aromatic heterocycles. The zero-order chi connectivity index (χ0) is 19.3. The van der Waals surface area contributed by atoms with Crippen LogP contribution < -0.4 is 10.6 Å². The van der Waals surface area contributed by atoms with Gasteiger partial charge in [-0.2, -0.15) is 5.10 Å². The van der Waals surface area contributed by atoms with Crippen molar-refractivity contribution >= 4 is 39.6 Å². The molecule has 28 heavy (non-hydrogen) atoms. The van der Waals surface area contributed by atoms with Crippen LogP contribution in [0.3, 0.4) is 0 Å². The number of anilines is 2. The highest BCUT2D eigenvalue weighted by Gasteiger charge is 2.06. The average Bonchev–Trinajstić information content (AvgIpc) is 3.15. The number of nitrogens with zero attached hydrogens (tertiary/aromatic N) is 2. The minimum Gasteiger partial charge on any atom is -0.332 e. The summed E-state index contributed by atoms with van der Waals surface area (Å²) < 4.78 is 1.92. The van der Waals surface area contributed by atoms with Crippen molar-refractivity contribution in [2.45, 2.75) is 19.9 Å². The highest BCUT2D eigenvalue weighted by molar-refractivity contribution is 7.80. The minimum absolute atomic E-state index is 0.538. The van der Waals surface area contributed by atoms with Gasteiger partial charge in [0.15, 0.2) is 10.9 Å². The number of hydrogen-bond acceptors (Lipinski definition) is 2. The molecule has 140 valence electrons. The Labute approximate surface area is 170 Å². The number of fused-ring (bicyclic) bond motifs is 1. The first-order valence-electron chi connectivity index (χ1n) is 9.39. The monoisotopic (exact) mass is 386 g/mol. The fourth-order valence-corrected chi connectivity index (χ4v) is 3.56. The van der Waals surface area contributed by atoms with Gasteiger partial charge in [0.2, 0.25) is 0 Å². The molecule has 0 radical (unpaired) electrons. The topological polar surface area (TPSA) is 41.9 Å². The first kappa shape index (κ1) is 18.2. The molecule has 1 heterocycles. The Balaban J connectivity index is 1.45. The van der Waals surface area contributed by atoms with E-state index in [9.17, 15) is 0 Å². The van der Waals surface area contributed by atoms with E-state index in [1.807, 2.05) is 35.1 Å². The van der Waals surface area contributed by atoms with Gasteiger partial charge in [0, 0.05) is 18.0 Å². The second kappa shape index (κ2) is 8.23. The van der Waals surface area contributed by atoms with Crippen LogP contribution in [-0.2, 0) is 13.0 Å². The number of thiocarbonyl (C=S) groups is 1. The maximum absolute atomic E-state index is 5.46. The predicted octanol–water partition coefficient (Wildman–Crippen LogP) is 5.46. The van der Waals surface area contributed by atoms with Gasteiger partial charge in [-0.1, -0.05) is 67.6 Å². The third-order valence-electron chi connectivity index (χ3n) is 4.74. The van der Waals surface area contributed by atoms with Crippen LogP contribution in [0.4, 0.5) is 11.5 Å². The highest BCUT2D eigenvalue weighted by atomic mass is 32.1. The van der Waals surface area contributed by atoms with E-state index in [1.54, 1.807) is 0 Å². The molecular weight excluding hydrogens is 364 g/mol. The molecule has 3 aromatic carbocycles. The van der Waals surface area contributed by atoms with Crippen molar-refractivity contribution in [1.82, 2.24) is 9.78 Å². The summed E-state index contributed by atoms with van der Waals surface area (Å²) in [4.78, 5) is 0. The van der Waals surface area contributed by atoms with Crippen molar-refractivity contribution in [3.05, 3.63) is 90.1 Å². The van der Waals surface area contributed by atoms with Crippen molar-refractivity contribution in [2.75, 3.05) is 10.6 Å². The van der Waals surface area contributed by atoms with Gasteiger partial charge in [0.1, 0.15) is 0 Å². The Bertz CT molecular complexity index is 1110. The molecule has 0 saturated carbocycles. The van der Waals surface area contributed by atoms with Crippen LogP contribution in [0, 0.1) is 0 Å². The number of para-hydroxylation sites is 1. The molecule has 0 fully saturated rings. The first-order chi connectivity index (χ1) is 13.7. The van der Waals surface area contributed by atoms with Crippen molar-refractivity contribution in [3.63, 3.8) is 0 Å². The van der Waals surface area contributed by atoms with Gasteiger partial charge in [-0.25, -0.2) is 0 Å². The van der Waals surface area contributed by atoms with Gasteiger partial charge in [-0.05, 0) is 46.6 Å². The van der Waals surface area contributed by atoms with Crippen LogP contribution in [0.15, 0.2) is 79.0 Å². The lowest BCUT2D eigenvalue weighted by Gasteiger charge is -2.12. The Kier molecular flexibility index (Phi) is 5.35. The number of aryl methyl sites for hydroxylation is 1. The molecule has 4 aromatic rings. The van der Waals surface area contributed by atoms with Crippen molar-refractivity contribution in [3.8, 4) is 0 Å². The van der Waals surface area contributed by atoms with Crippen LogP contribution in [0.2, 0.25) is 0 Å². The normalized spacial score (nSPS) is 10.8. The lowest BCUT2D eigenvalue weighted by atomic mass is 10.0. The largest absolute Gasteiger partial charge is 0.332 e. The SMILES string of the molecule is CCc1ccccc1NC(=S)Nc1ccn(Cc2cccc3ccccc23)n1. The van der Waals surface area contributed by atoms with Crippen LogP contribution in [0.5, 0.6) is 0 Å². The minimum atomic E-state index is 0.538. The number of hydrogen-bond donors (Lipinski definition) is 2. The highest BCUT2D eigenvalue weighted by Crippen LogP contribution is 2.20. The molecule has 5 heteroatoms. The summed E-state index contributed by atoms with van der Waals surface area (Å²) >= 11 is 5.46. The number of nitrogens with one attached hydrogen (secondary N) is 2. The lowest BCUT2D eigenvalue weighted by molar-refractivity contribution is 0.693. The maximum atomic E-state index is 5.46. The van der Waals surface area contributed by atoms with E-state index in [1.165, 1.54) is 21.9 Å².